The van der Waals surface area contributed by atoms with Gasteiger partial charge in [0.25, 0.3) is 0 Å². The summed E-state index contributed by atoms with van der Waals surface area (Å²) in [5.74, 6) is 0.855. The fourth-order valence-electron chi connectivity index (χ4n) is 2.28. The van der Waals surface area contributed by atoms with Gasteiger partial charge in [-0.15, -0.1) is 0 Å². The summed E-state index contributed by atoms with van der Waals surface area (Å²) in [5, 5.41) is 2.78. The Hall–Kier alpha value is -2.49. The van der Waals surface area contributed by atoms with Gasteiger partial charge in [0, 0.05) is 5.54 Å². The van der Waals surface area contributed by atoms with E-state index >= 15 is 0 Å². The summed E-state index contributed by atoms with van der Waals surface area (Å²) in [6.07, 6.45) is 1.29. The fraction of sp³-hybridized carbons (Fsp3) is 0.381. The maximum Gasteiger partial charge on any atom is 0.407 e. The van der Waals surface area contributed by atoms with Crippen molar-refractivity contribution in [2.75, 3.05) is 6.61 Å². The van der Waals surface area contributed by atoms with Gasteiger partial charge >= 0.3 is 6.09 Å². The molecule has 0 unspecified atom stereocenters. The number of amides is 1. The summed E-state index contributed by atoms with van der Waals surface area (Å²) in [6, 6.07) is 18.2. The van der Waals surface area contributed by atoms with Gasteiger partial charge in [0.2, 0.25) is 0 Å². The molecule has 0 aromatic heterocycles. The van der Waals surface area contributed by atoms with Gasteiger partial charge in [0.15, 0.2) is 0 Å². The van der Waals surface area contributed by atoms with Crippen molar-refractivity contribution in [3.8, 4) is 5.75 Å². The van der Waals surface area contributed by atoms with E-state index in [1.54, 1.807) is 0 Å². The van der Waals surface area contributed by atoms with Crippen LogP contribution >= 0.6 is 0 Å². The molecule has 0 atom stereocenters. The average molecular weight is 341 g/mol. The van der Waals surface area contributed by atoms with Gasteiger partial charge in [0.1, 0.15) is 12.4 Å². The van der Waals surface area contributed by atoms with E-state index in [4.69, 9.17) is 9.47 Å². The van der Waals surface area contributed by atoms with Crippen LogP contribution in [0, 0.1) is 0 Å². The molecule has 0 bridgehead atoms. The van der Waals surface area contributed by atoms with Crippen molar-refractivity contribution in [2.45, 2.75) is 45.8 Å². The van der Waals surface area contributed by atoms with Crippen LogP contribution in [0.5, 0.6) is 5.75 Å². The zero-order valence-electron chi connectivity index (χ0n) is 15.2. The van der Waals surface area contributed by atoms with Crippen LogP contribution in [-0.2, 0) is 17.8 Å². The van der Waals surface area contributed by atoms with Crippen molar-refractivity contribution >= 4 is 6.09 Å². The number of aryl methyl sites for hydroxylation is 1. The van der Waals surface area contributed by atoms with Gasteiger partial charge in [-0.1, -0.05) is 42.5 Å². The molecule has 0 aliphatic heterocycles. The van der Waals surface area contributed by atoms with Crippen LogP contribution in [-0.4, -0.2) is 18.2 Å². The normalized spacial score (nSPS) is 11.0. The molecule has 4 heteroatoms. The molecule has 2 aromatic rings. The molecule has 134 valence electrons. The molecule has 0 aliphatic carbocycles. The first-order valence-corrected chi connectivity index (χ1v) is 8.63. The second-order valence-electron chi connectivity index (χ2n) is 7.03. The number of rotatable bonds is 7. The zero-order chi connectivity index (χ0) is 18.1. The Labute approximate surface area is 150 Å². The summed E-state index contributed by atoms with van der Waals surface area (Å²) >= 11 is 0. The molecule has 1 N–H and O–H groups in total. The number of ether oxygens (including phenoxy) is 2. The van der Waals surface area contributed by atoms with Crippen LogP contribution in [0.2, 0.25) is 0 Å². The van der Waals surface area contributed by atoms with Gasteiger partial charge in [0.05, 0.1) is 6.61 Å². The van der Waals surface area contributed by atoms with Crippen LogP contribution in [0.3, 0.4) is 0 Å². The van der Waals surface area contributed by atoms with Crippen molar-refractivity contribution in [1.29, 1.82) is 0 Å². The van der Waals surface area contributed by atoms with Gasteiger partial charge in [-0.3, -0.25) is 0 Å². The molecule has 2 rings (SSSR count). The largest absolute Gasteiger partial charge is 0.489 e. The lowest BCUT2D eigenvalue weighted by atomic mass is 10.1. The third kappa shape index (κ3) is 7.75. The molecule has 0 fully saturated rings. The Morgan fingerprint density at radius 1 is 0.960 bits per heavy atom. The highest BCUT2D eigenvalue weighted by Crippen LogP contribution is 2.15. The number of carbonyl (C=O) groups is 1. The Bertz CT molecular complexity index is 645. The average Bonchev–Trinajstić information content (AvgIpc) is 2.57. The minimum absolute atomic E-state index is 0.271. The Morgan fingerprint density at radius 2 is 1.64 bits per heavy atom. The predicted molar refractivity (Wildman–Crippen MR) is 99.8 cm³/mol. The first-order valence-electron chi connectivity index (χ1n) is 8.63. The van der Waals surface area contributed by atoms with Gasteiger partial charge in [-0.05, 0) is 56.9 Å². The highest BCUT2D eigenvalue weighted by Gasteiger charge is 2.14. The fourth-order valence-corrected chi connectivity index (χ4v) is 2.28. The predicted octanol–water partition coefficient (Wildman–Crippen LogP) is 4.72. The molecule has 0 radical (unpaired) electrons. The van der Waals surface area contributed by atoms with Crippen molar-refractivity contribution < 1.29 is 14.3 Å². The van der Waals surface area contributed by atoms with E-state index in [1.807, 2.05) is 63.2 Å². The molecule has 25 heavy (non-hydrogen) atoms. The van der Waals surface area contributed by atoms with E-state index < -0.39 is 0 Å². The first kappa shape index (κ1) is 18.8. The summed E-state index contributed by atoms with van der Waals surface area (Å²) < 4.78 is 10.9. The van der Waals surface area contributed by atoms with E-state index in [0.717, 1.165) is 24.2 Å². The van der Waals surface area contributed by atoms with E-state index in [-0.39, 0.29) is 11.6 Å². The van der Waals surface area contributed by atoms with E-state index in [9.17, 15) is 4.79 Å². The molecular weight excluding hydrogens is 314 g/mol. The summed E-state index contributed by atoms with van der Waals surface area (Å²) in [7, 11) is 0. The molecule has 0 saturated carbocycles. The van der Waals surface area contributed by atoms with Gasteiger partial charge in [-0.2, -0.15) is 0 Å². The highest BCUT2D eigenvalue weighted by atomic mass is 16.5. The van der Waals surface area contributed by atoms with E-state index in [1.165, 1.54) is 5.56 Å². The Kier molecular flexibility index (Phi) is 6.87. The quantitative estimate of drug-likeness (QED) is 0.741. The first-order chi connectivity index (χ1) is 11.9. The molecule has 0 aliphatic rings. The summed E-state index contributed by atoms with van der Waals surface area (Å²) in [5.41, 5.74) is 2.08. The molecule has 1 amide bonds. The number of hydrogen-bond acceptors (Lipinski definition) is 3. The van der Waals surface area contributed by atoms with E-state index in [2.05, 4.69) is 17.4 Å². The standard InChI is InChI=1S/C21H27NO3/c1-21(2,3)22-20(23)24-15-7-10-17-11-13-19(14-12-17)25-16-18-8-5-4-6-9-18/h4-6,8-9,11-14H,7,10,15-16H2,1-3H3,(H,22,23). The van der Waals surface area contributed by atoms with Crippen LogP contribution in [0.1, 0.15) is 38.3 Å². The highest BCUT2D eigenvalue weighted by molar-refractivity contribution is 5.68. The smallest absolute Gasteiger partial charge is 0.407 e. The lowest BCUT2D eigenvalue weighted by Crippen LogP contribution is -2.41. The van der Waals surface area contributed by atoms with E-state index in [0.29, 0.717) is 13.2 Å². The lowest BCUT2D eigenvalue weighted by molar-refractivity contribution is 0.136. The number of alkyl carbamates (subject to hydrolysis) is 1. The van der Waals surface area contributed by atoms with Crippen molar-refractivity contribution in [2.24, 2.45) is 0 Å². The minimum atomic E-state index is -0.364. The number of nitrogens with one attached hydrogen (secondary N) is 1. The zero-order valence-corrected chi connectivity index (χ0v) is 15.2. The third-order valence-corrected chi connectivity index (χ3v) is 3.49. The van der Waals surface area contributed by atoms with Crippen molar-refractivity contribution in [1.82, 2.24) is 5.32 Å². The van der Waals surface area contributed by atoms with Gasteiger partial charge < -0.3 is 14.8 Å². The summed E-state index contributed by atoms with van der Waals surface area (Å²) in [4.78, 5) is 11.6. The van der Waals surface area contributed by atoms with Crippen LogP contribution in [0.4, 0.5) is 4.79 Å². The third-order valence-electron chi connectivity index (χ3n) is 3.49. The number of benzene rings is 2. The number of hydrogen-bond donors (Lipinski definition) is 1. The van der Waals surface area contributed by atoms with Crippen molar-refractivity contribution in [3.63, 3.8) is 0 Å². The molecule has 0 heterocycles. The minimum Gasteiger partial charge on any atom is -0.489 e. The Morgan fingerprint density at radius 3 is 2.28 bits per heavy atom. The SMILES string of the molecule is CC(C)(C)NC(=O)OCCCc1ccc(OCc2ccccc2)cc1. The maximum absolute atomic E-state index is 11.6. The summed E-state index contributed by atoms with van der Waals surface area (Å²) in [6.45, 7) is 6.76. The molecule has 2 aromatic carbocycles. The van der Waals surface area contributed by atoms with Gasteiger partial charge in [-0.25, -0.2) is 4.79 Å². The van der Waals surface area contributed by atoms with Crippen LogP contribution < -0.4 is 10.1 Å². The van der Waals surface area contributed by atoms with Crippen molar-refractivity contribution in [3.05, 3.63) is 65.7 Å². The van der Waals surface area contributed by atoms with Crippen LogP contribution in [0.25, 0.3) is 0 Å². The monoisotopic (exact) mass is 341 g/mol. The second kappa shape index (κ2) is 9.11. The van der Waals surface area contributed by atoms with Crippen LogP contribution in [0.15, 0.2) is 54.6 Å². The Balaban J connectivity index is 1.67. The topological polar surface area (TPSA) is 47.6 Å². The molecule has 4 nitrogen and oxygen atoms in total. The lowest BCUT2D eigenvalue weighted by Gasteiger charge is -2.19. The molecule has 0 saturated heterocycles. The second-order valence-corrected chi connectivity index (χ2v) is 7.03. The molecule has 0 spiro atoms. The molecular formula is C21H27NO3. The maximum atomic E-state index is 11.6. The number of carbonyl (C=O) groups excluding carboxylic acids is 1.